The molecule has 3 rings (SSSR count). The van der Waals surface area contributed by atoms with E-state index in [1.807, 2.05) is 0 Å². The molecule has 3 heteroatoms. The molecule has 1 aromatic heterocycles. The summed E-state index contributed by atoms with van der Waals surface area (Å²) in [6.07, 6.45) is 6.08. The van der Waals surface area contributed by atoms with Crippen LogP contribution in [0.3, 0.4) is 0 Å². The summed E-state index contributed by atoms with van der Waals surface area (Å²) in [5.74, 6) is 0. The largest absolute Gasteiger partial charge is 0.327 e. The quantitative estimate of drug-likeness (QED) is 0.925. The lowest BCUT2D eigenvalue weighted by Gasteiger charge is -2.30. The molecule has 20 heavy (non-hydrogen) atoms. The Morgan fingerprint density at radius 3 is 2.70 bits per heavy atom. The predicted octanol–water partition coefficient (Wildman–Crippen LogP) is 3.51. The van der Waals surface area contributed by atoms with Gasteiger partial charge in [-0.2, -0.15) is 5.10 Å². The highest BCUT2D eigenvalue weighted by atomic mass is 15.3. The molecule has 0 spiro atoms. The molecule has 1 atom stereocenters. The van der Waals surface area contributed by atoms with Crippen molar-refractivity contribution in [1.82, 2.24) is 9.78 Å². The van der Waals surface area contributed by atoms with Crippen molar-refractivity contribution in [1.29, 1.82) is 0 Å². The van der Waals surface area contributed by atoms with E-state index in [0.717, 1.165) is 13.0 Å². The molecule has 0 radical (unpaired) electrons. The highest BCUT2D eigenvalue weighted by Gasteiger charge is 2.35. The van der Waals surface area contributed by atoms with Gasteiger partial charge in [-0.05, 0) is 31.2 Å². The van der Waals surface area contributed by atoms with Gasteiger partial charge < -0.3 is 5.73 Å². The van der Waals surface area contributed by atoms with Crippen molar-refractivity contribution in [3.63, 3.8) is 0 Å². The van der Waals surface area contributed by atoms with E-state index in [1.165, 1.54) is 42.3 Å². The number of hydrogen-bond donors (Lipinski definition) is 1. The fraction of sp³-hybridized carbons (Fsp3) is 0.588. The number of benzene rings is 1. The molecule has 1 fully saturated rings. The Kier molecular flexibility index (Phi) is 3.55. The second kappa shape index (κ2) is 5.21. The lowest BCUT2D eigenvalue weighted by Crippen LogP contribution is -2.39. The van der Waals surface area contributed by atoms with Gasteiger partial charge >= 0.3 is 0 Å². The minimum absolute atomic E-state index is 0.216. The molecule has 108 valence electrons. The van der Waals surface area contributed by atoms with E-state index in [0.29, 0.717) is 5.41 Å². The number of nitrogens with two attached hydrogens (primary N) is 1. The molecule has 0 amide bonds. The average Bonchev–Trinajstić information content (AvgIpc) is 3.05. The Hall–Kier alpha value is -1.35. The first-order chi connectivity index (χ1) is 9.64. The summed E-state index contributed by atoms with van der Waals surface area (Å²) >= 11 is 0. The molecule has 1 saturated carbocycles. The standard InChI is InChI=1S/C17H25N3/c1-3-20-15-9-5-4-8-13(15)14(19-20)12-16(18)17(2)10-6-7-11-17/h4-5,8-9,16H,3,6-7,10-12,18H2,1-2H3. The first-order valence-electron chi connectivity index (χ1n) is 7.84. The van der Waals surface area contributed by atoms with Gasteiger partial charge in [-0.15, -0.1) is 0 Å². The molecular formula is C17H25N3. The summed E-state index contributed by atoms with van der Waals surface area (Å²) in [5.41, 5.74) is 9.24. The monoisotopic (exact) mass is 271 g/mol. The third kappa shape index (κ3) is 2.24. The number of fused-ring (bicyclic) bond motifs is 1. The summed E-state index contributed by atoms with van der Waals surface area (Å²) in [5, 5.41) is 6.06. The number of aromatic nitrogens is 2. The van der Waals surface area contributed by atoms with Crippen molar-refractivity contribution in [2.75, 3.05) is 0 Å². The molecule has 0 saturated heterocycles. The first kappa shape index (κ1) is 13.6. The van der Waals surface area contributed by atoms with Crippen LogP contribution >= 0.6 is 0 Å². The summed E-state index contributed by atoms with van der Waals surface area (Å²) in [6.45, 7) is 5.40. The Balaban J connectivity index is 1.91. The van der Waals surface area contributed by atoms with Gasteiger partial charge in [0.2, 0.25) is 0 Å². The van der Waals surface area contributed by atoms with Gasteiger partial charge in [-0.1, -0.05) is 38.0 Å². The van der Waals surface area contributed by atoms with Crippen LogP contribution in [0.4, 0.5) is 0 Å². The van der Waals surface area contributed by atoms with Crippen LogP contribution < -0.4 is 5.73 Å². The zero-order chi connectivity index (χ0) is 14.2. The number of aryl methyl sites for hydroxylation is 1. The van der Waals surface area contributed by atoms with Gasteiger partial charge in [-0.3, -0.25) is 4.68 Å². The highest BCUT2D eigenvalue weighted by molar-refractivity contribution is 5.82. The second-order valence-corrected chi connectivity index (χ2v) is 6.45. The first-order valence-corrected chi connectivity index (χ1v) is 7.84. The lowest BCUT2D eigenvalue weighted by atomic mass is 9.79. The van der Waals surface area contributed by atoms with Gasteiger partial charge in [0.05, 0.1) is 11.2 Å². The van der Waals surface area contributed by atoms with E-state index in [1.54, 1.807) is 0 Å². The third-order valence-corrected chi connectivity index (χ3v) is 5.09. The molecule has 1 unspecified atom stereocenters. The molecule has 1 aliphatic carbocycles. The van der Waals surface area contributed by atoms with Crippen molar-refractivity contribution >= 4 is 10.9 Å². The zero-order valence-electron chi connectivity index (χ0n) is 12.6. The molecule has 1 aliphatic rings. The van der Waals surface area contributed by atoms with Crippen LogP contribution in [0.2, 0.25) is 0 Å². The molecular weight excluding hydrogens is 246 g/mol. The normalized spacial score (nSPS) is 19.6. The van der Waals surface area contributed by atoms with Gasteiger partial charge in [0.15, 0.2) is 0 Å². The van der Waals surface area contributed by atoms with Crippen LogP contribution in [0, 0.1) is 5.41 Å². The van der Waals surface area contributed by atoms with Crippen molar-refractivity contribution in [3.05, 3.63) is 30.0 Å². The van der Waals surface area contributed by atoms with Crippen LogP contribution in [-0.4, -0.2) is 15.8 Å². The van der Waals surface area contributed by atoms with Gasteiger partial charge in [-0.25, -0.2) is 0 Å². The molecule has 1 heterocycles. The van der Waals surface area contributed by atoms with Crippen LogP contribution in [0.25, 0.3) is 10.9 Å². The Morgan fingerprint density at radius 1 is 1.30 bits per heavy atom. The van der Waals surface area contributed by atoms with Crippen molar-refractivity contribution in [3.8, 4) is 0 Å². The van der Waals surface area contributed by atoms with Crippen LogP contribution in [0.15, 0.2) is 24.3 Å². The lowest BCUT2D eigenvalue weighted by molar-refractivity contribution is 0.259. The molecule has 3 nitrogen and oxygen atoms in total. The van der Waals surface area contributed by atoms with E-state index in [2.05, 4.69) is 42.8 Å². The van der Waals surface area contributed by atoms with Crippen molar-refractivity contribution in [2.24, 2.45) is 11.1 Å². The Morgan fingerprint density at radius 2 is 2.00 bits per heavy atom. The fourth-order valence-corrected chi connectivity index (χ4v) is 3.60. The van der Waals surface area contributed by atoms with E-state index >= 15 is 0 Å². The topological polar surface area (TPSA) is 43.8 Å². The third-order valence-electron chi connectivity index (χ3n) is 5.09. The summed E-state index contributed by atoms with van der Waals surface area (Å²) < 4.78 is 2.09. The second-order valence-electron chi connectivity index (χ2n) is 6.45. The van der Waals surface area contributed by atoms with E-state index < -0.39 is 0 Å². The SMILES string of the molecule is CCn1nc(CC(N)C2(C)CCCC2)c2ccccc21. The Labute approximate surface area is 121 Å². The fourth-order valence-electron chi connectivity index (χ4n) is 3.60. The zero-order valence-corrected chi connectivity index (χ0v) is 12.6. The summed E-state index contributed by atoms with van der Waals surface area (Å²) in [7, 11) is 0. The van der Waals surface area contributed by atoms with E-state index in [-0.39, 0.29) is 6.04 Å². The highest BCUT2D eigenvalue weighted by Crippen LogP contribution is 2.40. The number of nitrogens with zero attached hydrogens (tertiary/aromatic N) is 2. The Bertz CT molecular complexity index is 593. The maximum Gasteiger partial charge on any atom is 0.0719 e. The van der Waals surface area contributed by atoms with Crippen LogP contribution in [-0.2, 0) is 13.0 Å². The summed E-state index contributed by atoms with van der Waals surface area (Å²) in [4.78, 5) is 0. The minimum Gasteiger partial charge on any atom is -0.327 e. The van der Waals surface area contributed by atoms with E-state index in [4.69, 9.17) is 10.8 Å². The van der Waals surface area contributed by atoms with Crippen molar-refractivity contribution in [2.45, 2.75) is 58.5 Å². The summed E-state index contributed by atoms with van der Waals surface area (Å²) in [6, 6.07) is 8.72. The number of hydrogen-bond acceptors (Lipinski definition) is 2. The molecule has 0 bridgehead atoms. The maximum atomic E-state index is 6.54. The average molecular weight is 271 g/mol. The minimum atomic E-state index is 0.216. The maximum absolute atomic E-state index is 6.54. The molecule has 1 aromatic carbocycles. The molecule has 0 aliphatic heterocycles. The smallest absolute Gasteiger partial charge is 0.0719 e. The van der Waals surface area contributed by atoms with Crippen LogP contribution in [0.5, 0.6) is 0 Å². The van der Waals surface area contributed by atoms with Crippen molar-refractivity contribution < 1.29 is 0 Å². The van der Waals surface area contributed by atoms with E-state index in [9.17, 15) is 0 Å². The number of para-hydroxylation sites is 1. The van der Waals surface area contributed by atoms with Gasteiger partial charge in [0.1, 0.15) is 0 Å². The van der Waals surface area contributed by atoms with Gasteiger partial charge in [0, 0.05) is 24.4 Å². The molecule has 2 aromatic rings. The predicted molar refractivity (Wildman–Crippen MR) is 83.7 cm³/mol. The van der Waals surface area contributed by atoms with Gasteiger partial charge in [0.25, 0.3) is 0 Å². The number of rotatable bonds is 4. The van der Waals surface area contributed by atoms with Crippen LogP contribution in [0.1, 0.15) is 45.2 Å². The molecule has 2 N–H and O–H groups in total.